The minimum absolute atomic E-state index is 0.201. The van der Waals surface area contributed by atoms with Crippen molar-refractivity contribution in [3.8, 4) is 0 Å². The summed E-state index contributed by atoms with van der Waals surface area (Å²) in [4.78, 5) is 12.1. The maximum Gasteiger partial charge on any atom is 0.220 e. The summed E-state index contributed by atoms with van der Waals surface area (Å²) in [5, 5.41) is 6.59. The van der Waals surface area contributed by atoms with E-state index >= 15 is 0 Å². The second kappa shape index (κ2) is 7.25. The number of rotatable bonds is 5. The van der Waals surface area contributed by atoms with Gasteiger partial charge in [0.1, 0.15) is 0 Å². The normalized spacial score (nSPS) is 33.1. The third-order valence-corrected chi connectivity index (χ3v) is 4.75. The quantitative estimate of drug-likeness (QED) is 0.798. The lowest BCUT2D eigenvalue weighted by Crippen LogP contribution is -2.42. The molecule has 4 heteroatoms. The first-order chi connectivity index (χ1) is 9.20. The van der Waals surface area contributed by atoms with E-state index in [0.717, 1.165) is 32.4 Å². The lowest BCUT2D eigenvalue weighted by molar-refractivity contribution is -0.123. The van der Waals surface area contributed by atoms with E-state index in [4.69, 9.17) is 4.74 Å². The van der Waals surface area contributed by atoms with Gasteiger partial charge in [-0.05, 0) is 57.0 Å². The molecule has 110 valence electrons. The Balaban J connectivity index is 1.74. The van der Waals surface area contributed by atoms with Crippen molar-refractivity contribution in [2.45, 2.75) is 57.6 Å². The first-order valence-electron chi connectivity index (χ1n) is 7.73. The highest BCUT2D eigenvalue weighted by atomic mass is 16.5. The van der Waals surface area contributed by atoms with Crippen LogP contribution < -0.4 is 10.6 Å². The Hall–Kier alpha value is -0.610. The van der Waals surface area contributed by atoms with E-state index < -0.39 is 0 Å². The van der Waals surface area contributed by atoms with E-state index in [9.17, 15) is 4.79 Å². The van der Waals surface area contributed by atoms with Gasteiger partial charge in [0.25, 0.3) is 0 Å². The van der Waals surface area contributed by atoms with Crippen LogP contribution in [0, 0.1) is 11.8 Å². The number of amides is 1. The minimum Gasteiger partial charge on any atom is -0.379 e. The Kier molecular flexibility index (Phi) is 5.64. The maximum absolute atomic E-state index is 12.1. The molecule has 2 fully saturated rings. The molecule has 0 bridgehead atoms. The van der Waals surface area contributed by atoms with Gasteiger partial charge < -0.3 is 15.4 Å². The van der Waals surface area contributed by atoms with Gasteiger partial charge in [-0.1, -0.05) is 6.92 Å². The highest BCUT2D eigenvalue weighted by Gasteiger charge is 2.29. The van der Waals surface area contributed by atoms with Crippen molar-refractivity contribution in [2.75, 3.05) is 20.2 Å². The van der Waals surface area contributed by atoms with E-state index in [-0.39, 0.29) is 18.1 Å². The molecule has 1 aliphatic heterocycles. The molecular weight excluding hydrogens is 240 g/mol. The molecule has 2 aliphatic rings. The Morgan fingerprint density at radius 2 is 2.21 bits per heavy atom. The van der Waals surface area contributed by atoms with E-state index in [1.165, 1.54) is 12.8 Å². The maximum atomic E-state index is 12.1. The molecule has 1 heterocycles. The summed E-state index contributed by atoms with van der Waals surface area (Å²) in [5.74, 6) is 1.32. The first kappa shape index (κ1) is 14.8. The number of carbonyl (C=O) groups excluding carboxylic acids is 1. The molecule has 4 atom stereocenters. The molecule has 4 nitrogen and oxygen atoms in total. The van der Waals surface area contributed by atoms with Crippen LogP contribution in [0.25, 0.3) is 0 Å². The summed E-state index contributed by atoms with van der Waals surface area (Å²) in [6.07, 6.45) is 6.66. The van der Waals surface area contributed by atoms with Crippen LogP contribution in [0.1, 0.15) is 45.4 Å². The van der Waals surface area contributed by atoms with Gasteiger partial charge in [-0.3, -0.25) is 4.79 Å². The Morgan fingerprint density at radius 3 is 2.89 bits per heavy atom. The smallest absolute Gasteiger partial charge is 0.220 e. The fourth-order valence-corrected chi connectivity index (χ4v) is 3.46. The number of hydrogen-bond acceptors (Lipinski definition) is 3. The van der Waals surface area contributed by atoms with Crippen LogP contribution in [-0.4, -0.2) is 38.3 Å². The summed E-state index contributed by atoms with van der Waals surface area (Å²) in [6, 6.07) is 0.231. The first-order valence-corrected chi connectivity index (χ1v) is 7.73. The van der Waals surface area contributed by atoms with Gasteiger partial charge in [-0.25, -0.2) is 0 Å². The zero-order valence-corrected chi connectivity index (χ0v) is 12.3. The number of piperidine rings is 1. The molecule has 19 heavy (non-hydrogen) atoms. The predicted molar refractivity (Wildman–Crippen MR) is 76.0 cm³/mol. The van der Waals surface area contributed by atoms with Crippen molar-refractivity contribution in [1.29, 1.82) is 0 Å². The van der Waals surface area contributed by atoms with Gasteiger partial charge in [0.05, 0.1) is 12.1 Å². The lowest BCUT2D eigenvalue weighted by Gasteiger charge is -2.28. The highest BCUT2D eigenvalue weighted by molar-refractivity contribution is 5.76. The lowest BCUT2D eigenvalue weighted by atomic mass is 9.85. The Bertz CT molecular complexity index is 290. The summed E-state index contributed by atoms with van der Waals surface area (Å²) >= 11 is 0. The van der Waals surface area contributed by atoms with Crippen LogP contribution in [0.5, 0.6) is 0 Å². The summed E-state index contributed by atoms with van der Waals surface area (Å²) < 4.78 is 5.42. The summed E-state index contributed by atoms with van der Waals surface area (Å²) in [7, 11) is 1.74. The van der Waals surface area contributed by atoms with Crippen molar-refractivity contribution in [2.24, 2.45) is 11.8 Å². The van der Waals surface area contributed by atoms with Gasteiger partial charge in [0.15, 0.2) is 0 Å². The topological polar surface area (TPSA) is 50.4 Å². The molecule has 2 N–H and O–H groups in total. The van der Waals surface area contributed by atoms with Crippen molar-refractivity contribution in [1.82, 2.24) is 10.6 Å². The molecule has 2 rings (SSSR count). The van der Waals surface area contributed by atoms with Crippen molar-refractivity contribution >= 4 is 5.91 Å². The predicted octanol–water partition coefficient (Wildman–Crippen LogP) is 1.70. The summed E-state index contributed by atoms with van der Waals surface area (Å²) in [6.45, 7) is 4.41. The monoisotopic (exact) mass is 268 g/mol. The van der Waals surface area contributed by atoms with Crippen LogP contribution in [0.4, 0.5) is 0 Å². The fraction of sp³-hybridized carbons (Fsp3) is 0.933. The van der Waals surface area contributed by atoms with Gasteiger partial charge in [0, 0.05) is 13.5 Å². The van der Waals surface area contributed by atoms with E-state index in [2.05, 4.69) is 17.6 Å². The second-order valence-electron chi connectivity index (χ2n) is 6.17. The highest BCUT2D eigenvalue weighted by Crippen LogP contribution is 2.24. The van der Waals surface area contributed by atoms with Crippen LogP contribution in [0.3, 0.4) is 0 Å². The molecule has 0 aromatic heterocycles. The number of carbonyl (C=O) groups is 1. The molecule has 0 radical (unpaired) electrons. The SMILES string of the molecule is COC1CCCC1NC(=O)CC(C)C1CCCNC1. The van der Waals surface area contributed by atoms with E-state index in [1.807, 2.05) is 0 Å². The van der Waals surface area contributed by atoms with E-state index in [1.54, 1.807) is 7.11 Å². The minimum atomic E-state index is 0.201. The zero-order valence-electron chi connectivity index (χ0n) is 12.3. The molecular formula is C15H28N2O2. The molecule has 0 aromatic carbocycles. The Morgan fingerprint density at radius 1 is 1.37 bits per heavy atom. The van der Waals surface area contributed by atoms with Crippen LogP contribution in [0.2, 0.25) is 0 Å². The van der Waals surface area contributed by atoms with Crippen molar-refractivity contribution in [3.63, 3.8) is 0 Å². The van der Waals surface area contributed by atoms with Gasteiger partial charge in [0.2, 0.25) is 5.91 Å². The largest absolute Gasteiger partial charge is 0.379 e. The van der Waals surface area contributed by atoms with Crippen molar-refractivity contribution in [3.05, 3.63) is 0 Å². The molecule has 1 saturated carbocycles. The Labute approximate surface area is 116 Å². The van der Waals surface area contributed by atoms with Crippen LogP contribution in [-0.2, 0) is 9.53 Å². The number of hydrogen-bond donors (Lipinski definition) is 2. The molecule has 4 unspecified atom stereocenters. The third kappa shape index (κ3) is 4.18. The average molecular weight is 268 g/mol. The van der Waals surface area contributed by atoms with E-state index in [0.29, 0.717) is 18.3 Å². The number of ether oxygens (including phenoxy) is 1. The standard InChI is InChI=1S/C15H28N2O2/c1-11(12-5-4-8-16-10-12)9-15(18)17-13-6-3-7-14(13)19-2/h11-14,16H,3-10H2,1-2H3,(H,17,18). The van der Waals surface area contributed by atoms with Crippen LogP contribution in [0.15, 0.2) is 0 Å². The molecule has 1 saturated heterocycles. The number of nitrogens with one attached hydrogen (secondary N) is 2. The molecule has 0 spiro atoms. The molecule has 1 aliphatic carbocycles. The average Bonchev–Trinajstić information content (AvgIpc) is 2.86. The summed E-state index contributed by atoms with van der Waals surface area (Å²) in [5.41, 5.74) is 0. The van der Waals surface area contributed by atoms with Gasteiger partial charge in [-0.2, -0.15) is 0 Å². The van der Waals surface area contributed by atoms with Gasteiger partial charge in [-0.15, -0.1) is 0 Å². The van der Waals surface area contributed by atoms with Crippen LogP contribution >= 0.6 is 0 Å². The molecule has 1 amide bonds. The number of methoxy groups -OCH3 is 1. The van der Waals surface area contributed by atoms with Crippen molar-refractivity contribution < 1.29 is 9.53 Å². The zero-order chi connectivity index (χ0) is 13.7. The third-order valence-electron chi connectivity index (χ3n) is 4.75. The fourth-order valence-electron chi connectivity index (χ4n) is 3.46. The molecule has 0 aromatic rings. The second-order valence-corrected chi connectivity index (χ2v) is 6.17. The van der Waals surface area contributed by atoms with Gasteiger partial charge >= 0.3 is 0 Å².